The van der Waals surface area contributed by atoms with Gasteiger partial charge in [0.15, 0.2) is 6.61 Å². The number of nitrogens with zero attached hydrogens (tertiary/aromatic N) is 1. The average molecular weight is 481 g/mol. The lowest BCUT2D eigenvalue weighted by Gasteiger charge is -2.24. The first-order valence-corrected chi connectivity index (χ1v) is 12.3. The zero-order chi connectivity index (χ0) is 24.4. The highest BCUT2D eigenvalue weighted by atomic mass is 32.1. The van der Waals surface area contributed by atoms with Crippen LogP contribution in [0.15, 0.2) is 24.3 Å². The van der Waals surface area contributed by atoms with E-state index in [2.05, 4.69) is 12.2 Å². The third-order valence-electron chi connectivity index (χ3n) is 6.16. The van der Waals surface area contributed by atoms with Crippen LogP contribution in [0.3, 0.4) is 0 Å². The monoisotopic (exact) mass is 480 g/mol. The molecule has 1 N–H and O–H groups in total. The van der Waals surface area contributed by atoms with Crippen LogP contribution in [0.1, 0.15) is 62.7 Å². The van der Waals surface area contributed by atoms with E-state index in [1.165, 1.54) is 11.3 Å². The van der Waals surface area contributed by atoms with Crippen molar-refractivity contribution in [2.75, 3.05) is 18.5 Å². The van der Waals surface area contributed by atoms with Crippen molar-refractivity contribution in [1.29, 1.82) is 0 Å². The van der Waals surface area contributed by atoms with Gasteiger partial charge >= 0.3 is 11.9 Å². The quantitative estimate of drug-likeness (QED) is 0.499. The molecule has 1 aliphatic rings. The number of esters is 2. The molecule has 2 aromatic heterocycles. The number of fused-ring (bicyclic) bond motifs is 2. The Morgan fingerprint density at radius 1 is 1.12 bits per heavy atom. The highest BCUT2D eigenvalue weighted by molar-refractivity contribution is 7.16. The van der Waals surface area contributed by atoms with E-state index >= 15 is 0 Å². The third kappa shape index (κ3) is 4.68. The van der Waals surface area contributed by atoms with E-state index in [0.29, 0.717) is 22.0 Å². The average Bonchev–Trinajstić information content (AvgIpc) is 3.08. The predicted octanol–water partition coefficient (Wildman–Crippen LogP) is 5.01. The number of ether oxygens (including phenoxy) is 2. The molecule has 0 fully saturated rings. The van der Waals surface area contributed by atoms with Crippen LogP contribution in [0.25, 0.3) is 10.9 Å². The number of para-hydroxylation sites is 1. The Morgan fingerprint density at radius 2 is 1.85 bits per heavy atom. The number of pyridine rings is 1. The number of thiophene rings is 1. The second-order valence-corrected chi connectivity index (χ2v) is 9.83. The van der Waals surface area contributed by atoms with Crippen LogP contribution in [-0.2, 0) is 27.1 Å². The highest BCUT2D eigenvalue weighted by Crippen LogP contribution is 2.34. The van der Waals surface area contributed by atoms with Gasteiger partial charge in [-0.1, -0.05) is 25.1 Å². The molecule has 0 radical (unpaired) electrons. The first-order valence-electron chi connectivity index (χ1n) is 11.4. The summed E-state index contributed by atoms with van der Waals surface area (Å²) in [7, 11) is 0. The van der Waals surface area contributed by atoms with Crippen LogP contribution in [0.2, 0.25) is 0 Å². The molecule has 4 rings (SSSR count). The highest BCUT2D eigenvalue weighted by Gasteiger charge is 2.27. The lowest BCUT2D eigenvalue weighted by atomic mass is 9.84. The molecule has 178 valence electrons. The van der Waals surface area contributed by atoms with Crippen LogP contribution in [0.5, 0.6) is 0 Å². The van der Waals surface area contributed by atoms with Crippen LogP contribution >= 0.6 is 11.3 Å². The number of anilines is 1. The summed E-state index contributed by atoms with van der Waals surface area (Å²) in [4.78, 5) is 43.9. The smallest absolute Gasteiger partial charge is 0.341 e. The molecule has 0 saturated heterocycles. The molecule has 0 spiro atoms. The Bertz CT molecular complexity index is 1280. The summed E-state index contributed by atoms with van der Waals surface area (Å²) in [5, 5.41) is 3.84. The molecule has 1 atom stereocenters. The Morgan fingerprint density at radius 3 is 2.62 bits per heavy atom. The van der Waals surface area contributed by atoms with Gasteiger partial charge in [-0.2, -0.15) is 0 Å². The van der Waals surface area contributed by atoms with E-state index in [1.54, 1.807) is 6.92 Å². The van der Waals surface area contributed by atoms with Crippen LogP contribution < -0.4 is 5.32 Å². The van der Waals surface area contributed by atoms with E-state index in [-0.39, 0.29) is 6.61 Å². The number of rotatable bonds is 6. The lowest BCUT2D eigenvalue weighted by Crippen LogP contribution is -2.24. The van der Waals surface area contributed by atoms with Gasteiger partial charge < -0.3 is 14.8 Å². The molecule has 7 nitrogen and oxygen atoms in total. The molecule has 1 unspecified atom stereocenters. The fourth-order valence-electron chi connectivity index (χ4n) is 4.33. The van der Waals surface area contributed by atoms with Crippen LogP contribution in [-0.4, -0.2) is 36.0 Å². The largest absolute Gasteiger partial charge is 0.462 e. The van der Waals surface area contributed by atoms with Crippen molar-refractivity contribution in [3.8, 4) is 0 Å². The fourth-order valence-corrected chi connectivity index (χ4v) is 5.39. The van der Waals surface area contributed by atoms with Crippen molar-refractivity contribution < 1.29 is 23.9 Å². The minimum Gasteiger partial charge on any atom is -0.462 e. The molecule has 0 aliphatic heterocycles. The van der Waals surface area contributed by atoms with Crippen molar-refractivity contribution in [3.63, 3.8) is 0 Å². The fraction of sp³-hybridized carbons (Fsp3) is 0.385. The molecule has 8 heteroatoms. The zero-order valence-electron chi connectivity index (χ0n) is 19.8. The maximum Gasteiger partial charge on any atom is 0.341 e. The van der Waals surface area contributed by atoms with E-state index in [1.807, 2.05) is 38.1 Å². The van der Waals surface area contributed by atoms with Crippen molar-refractivity contribution in [2.24, 2.45) is 5.92 Å². The Balaban J connectivity index is 1.54. The van der Waals surface area contributed by atoms with Gasteiger partial charge in [-0.3, -0.25) is 9.78 Å². The van der Waals surface area contributed by atoms with Gasteiger partial charge in [0.25, 0.3) is 5.91 Å². The molecule has 1 aliphatic carbocycles. The summed E-state index contributed by atoms with van der Waals surface area (Å²) in [5.74, 6) is -1.10. The van der Waals surface area contributed by atoms with Gasteiger partial charge in [-0.15, -0.1) is 11.3 Å². The number of carbonyl (C=O) groups is 3. The lowest BCUT2D eigenvalue weighted by molar-refractivity contribution is -0.119. The normalized spacial score (nSPS) is 15.0. The minimum atomic E-state index is -0.539. The first-order chi connectivity index (χ1) is 16.3. The van der Waals surface area contributed by atoms with Gasteiger partial charge in [0, 0.05) is 16.0 Å². The SMILES string of the molecule is CCOC(=O)c1c(NC(=O)COC(=O)c2c3c(nc4ccccc24)CCC(C)C3)sc(C)c1C. The molecular weight excluding hydrogens is 452 g/mol. The Labute approximate surface area is 202 Å². The molecule has 3 aromatic rings. The minimum absolute atomic E-state index is 0.237. The second kappa shape index (κ2) is 9.93. The number of hydrogen-bond donors (Lipinski definition) is 1. The van der Waals surface area contributed by atoms with E-state index in [9.17, 15) is 14.4 Å². The summed E-state index contributed by atoms with van der Waals surface area (Å²) in [6.07, 6.45) is 2.59. The Kier molecular flexibility index (Phi) is 6.97. The number of aryl methyl sites for hydroxylation is 2. The van der Waals surface area contributed by atoms with Gasteiger partial charge in [0.2, 0.25) is 0 Å². The third-order valence-corrected chi connectivity index (χ3v) is 7.28. The van der Waals surface area contributed by atoms with Gasteiger partial charge in [0.1, 0.15) is 5.00 Å². The van der Waals surface area contributed by atoms with E-state index in [0.717, 1.165) is 51.9 Å². The number of benzene rings is 1. The number of aromatic nitrogens is 1. The standard InChI is InChI=1S/C26H28N2O5S/c1-5-32-25(30)22-15(3)16(4)34-24(22)28-21(29)13-33-26(31)23-17-8-6-7-9-19(17)27-20-11-10-14(2)12-18(20)23/h6-9,14H,5,10-13H2,1-4H3,(H,28,29). The van der Waals surface area contributed by atoms with Crippen molar-refractivity contribution in [2.45, 2.75) is 47.0 Å². The maximum absolute atomic E-state index is 13.2. The molecule has 1 aromatic carbocycles. The van der Waals surface area contributed by atoms with E-state index < -0.39 is 24.5 Å². The van der Waals surface area contributed by atoms with Gasteiger partial charge in [-0.05, 0) is 63.1 Å². The van der Waals surface area contributed by atoms with Crippen LogP contribution in [0, 0.1) is 19.8 Å². The molecular formula is C26H28N2O5S. The van der Waals surface area contributed by atoms with Gasteiger partial charge in [0.05, 0.1) is 23.3 Å². The predicted molar refractivity (Wildman–Crippen MR) is 132 cm³/mol. The topological polar surface area (TPSA) is 94.6 Å². The summed E-state index contributed by atoms with van der Waals surface area (Å²) in [6, 6.07) is 7.50. The second-order valence-electron chi connectivity index (χ2n) is 8.61. The number of amides is 1. The number of nitrogens with one attached hydrogen (secondary N) is 1. The van der Waals surface area contributed by atoms with Crippen LogP contribution in [0.4, 0.5) is 5.00 Å². The van der Waals surface area contributed by atoms with Crippen molar-refractivity contribution >= 4 is 45.1 Å². The molecule has 1 amide bonds. The first kappa shape index (κ1) is 23.9. The molecule has 34 heavy (non-hydrogen) atoms. The molecule has 0 bridgehead atoms. The zero-order valence-corrected chi connectivity index (χ0v) is 20.6. The number of hydrogen-bond acceptors (Lipinski definition) is 7. The van der Waals surface area contributed by atoms with Crippen molar-refractivity contribution in [3.05, 3.63) is 57.1 Å². The summed E-state index contributed by atoms with van der Waals surface area (Å²) >= 11 is 1.29. The van der Waals surface area contributed by atoms with Crippen molar-refractivity contribution in [1.82, 2.24) is 4.98 Å². The summed E-state index contributed by atoms with van der Waals surface area (Å²) in [5.41, 5.74) is 4.19. The van der Waals surface area contributed by atoms with E-state index in [4.69, 9.17) is 14.5 Å². The number of carbonyl (C=O) groups excluding carboxylic acids is 3. The molecule has 0 saturated carbocycles. The Hall–Kier alpha value is -3.26. The maximum atomic E-state index is 13.2. The summed E-state index contributed by atoms with van der Waals surface area (Å²) < 4.78 is 10.6. The van der Waals surface area contributed by atoms with Gasteiger partial charge in [-0.25, -0.2) is 9.59 Å². The molecule has 2 heterocycles. The summed E-state index contributed by atoms with van der Waals surface area (Å²) in [6.45, 7) is 7.35.